The first-order chi connectivity index (χ1) is 5.14. The maximum atomic E-state index is 4.12. The predicted octanol–water partition coefficient (Wildman–Crippen LogP) is 2.60. The number of rotatable bonds is 0. The van der Waals surface area contributed by atoms with Gasteiger partial charge in [0.05, 0.1) is 5.71 Å². The smallest absolute Gasteiger partial charge is 0.0564 e. The lowest BCUT2D eigenvalue weighted by Gasteiger charge is -2.15. The summed E-state index contributed by atoms with van der Waals surface area (Å²) < 4.78 is 0. The maximum Gasteiger partial charge on any atom is 0.0564 e. The van der Waals surface area contributed by atoms with Crippen molar-refractivity contribution in [1.29, 1.82) is 0 Å². The minimum absolute atomic E-state index is 0.295. The molecule has 0 heterocycles. The molecule has 0 saturated carbocycles. The molecule has 0 radical (unpaired) electrons. The molecule has 0 aliphatic heterocycles. The molecule has 0 fully saturated rings. The summed E-state index contributed by atoms with van der Waals surface area (Å²) in [5.41, 5.74) is 1.36. The summed E-state index contributed by atoms with van der Waals surface area (Å²) in [4.78, 5) is 4.12. The molecule has 1 aliphatic carbocycles. The highest BCUT2D eigenvalue weighted by molar-refractivity contribution is 6.04. The Morgan fingerprint density at radius 1 is 1.36 bits per heavy atom. The van der Waals surface area contributed by atoms with Gasteiger partial charge in [-0.05, 0) is 24.0 Å². The van der Waals surface area contributed by atoms with Crippen LogP contribution in [0, 0.1) is 5.41 Å². The summed E-state index contributed by atoms with van der Waals surface area (Å²) in [6, 6.07) is 0. The zero-order valence-corrected chi connectivity index (χ0v) is 7.46. The molecule has 0 amide bonds. The molecule has 1 aliphatic rings. The summed E-state index contributed by atoms with van der Waals surface area (Å²) in [6.07, 6.45) is 9.66. The van der Waals surface area contributed by atoms with E-state index in [-0.39, 0.29) is 0 Å². The minimum atomic E-state index is 0.295. The highest BCUT2D eigenvalue weighted by atomic mass is 14.7. The minimum Gasteiger partial charge on any atom is -0.289 e. The summed E-state index contributed by atoms with van der Waals surface area (Å²) >= 11 is 0. The van der Waals surface area contributed by atoms with Crippen molar-refractivity contribution in [3.8, 4) is 0 Å². The van der Waals surface area contributed by atoms with Crippen molar-refractivity contribution in [2.24, 2.45) is 10.4 Å². The van der Waals surface area contributed by atoms with E-state index in [1.165, 1.54) is 0 Å². The van der Waals surface area contributed by atoms with Gasteiger partial charge in [0, 0.05) is 7.05 Å². The number of aliphatic imine (C=N–C) groups is 1. The maximum absolute atomic E-state index is 4.12. The average molecular weight is 149 g/mol. The number of allylic oxidation sites excluding steroid dienone is 4. The first-order valence-electron chi connectivity index (χ1n) is 3.97. The lowest BCUT2D eigenvalue weighted by molar-refractivity contribution is 0.490. The van der Waals surface area contributed by atoms with Gasteiger partial charge in [0.1, 0.15) is 0 Å². The van der Waals surface area contributed by atoms with Crippen LogP contribution in [0.1, 0.15) is 20.3 Å². The Morgan fingerprint density at radius 3 is 2.73 bits per heavy atom. The van der Waals surface area contributed by atoms with E-state index in [0.29, 0.717) is 5.41 Å². The third-order valence-electron chi connectivity index (χ3n) is 1.90. The van der Waals surface area contributed by atoms with Crippen molar-refractivity contribution in [2.45, 2.75) is 20.3 Å². The molecule has 11 heavy (non-hydrogen) atoms. The second-order valence-corrected chi connectivity index (χ2v) is 3.58. The normalized spacial score (nSPS) is 25.5. The molecule has 0 bridgehead atoms. The molecule has 0 spiro atoms. The molecule has 0 aromatic heterocycles. The molecule has 0 saturated heterocycles. The summed E-state index contributed by atoms with van der Waals surface area (Å²) in [5.74, 6) is 0. The largest absolute Gasteiger partial charge is 0.289 e. The van der Waals surface area contributed by atoms with Gasteiger partial charge < -0.3 is 0 Å². The van der Waals surface area contributed by atoms with E-state index in [1.807, 2.05) is 7.05 Å². The van der Waals surface area contributed by atoms with Gasteiger partial charge >= 0.3 is 0 Å². The molecular formula is C10H15N. The molecule has 60 valence electrons. The molecular weight excluding hydrogens is 134 g/mol. The van der Waals surface area contributed by atoms with E-state index >= 15 is 0 Å². The Kier molecular flexibility index (Phi) is 2.28. The van der Waals surface area contributed by atoms with Gasteiger partial charge in [-0.2, -0.15) is 0 Å². The highest BCUT2D eigenvalue weighted by Crippen LogP contribution is 2.24. The zero-order valence-electron chi connectivity index (χ0n) is 7.46. The van der Waals surface area contributed by atoms with E-state index in [4.69, 9.17) is 0 Å². The van der Waals surface area contributed by atoms with Crippen molar-refractivity contribution in [3.05, 3.63) is 24.3 Å². The van der Waals surface area contributed by atoms with E-state index in [0.717, 1.165) is 12.1 Å². The third-order valence-corrected chi connectivity index (χ3v) is 1.90. The van der Waals surface area contributed by atoms with Crippen LogP contribution in [0.15, 0.2) is 29.3 Å². The standard InChI is InChI=1S/C10H15N/c1-10(2)7-4-5-9(11-3)6-8-10/h4-6,8H,7H2,1-3H3. The van der Waals surface area contributed by atoms with E-state index in [2.05, 4.69) is 43.1 Å². The van der Waals surface area contributed by atoms with Crippen LogP contribution in [-0.4, -0.2) is 12.8 Å². The highest BCUT2D eigenvalue weighted by Gasteiger charge is 2.13. The van der Waals surface area contributed by atoms with Crippen LogP contribution < -0.4 is 0 Å². The predicted molar refractivity (Wildman–Crippen MR) is 50.0 cm³/mol. The Morgan fingerprint density at radius 2 is 2.09 bits per heavy atom. The first kappa shape index (κ1) is 8.25. The van der Waals surface area contributed by atoms with Crippen LogP contribution >= 0.6 is 0 Å². The lowest BCUT2D eigenvalue weighted by atomic mass is 9.90. The van der Waals surface area contributed by atoms with Gasteiger partial charge in [-0.25, -0.2) is 0 Å². The van der Waals surface area contributed by atoms with Crippen LogP contribution in [0.3, 0.4) is 0 Å². The fourth-order valence-electron chi connectivity index (χ4n) is 1.07. The third kappa shape index (κ3) is 2.34. The molecule has 0 N–H and O–H groups in total. The van der Waals surface area contributed by atoms with Crippen molar-refractivity contribution in [1.82, 2.24) is 0 Å². The van der Waals surface area contributed by atoms with Gasteiger partial charge in [0.2, 0.25) is 0 Å². The van der Waals surface area contributed by atoms with Gasteiger partial charge in [-0.15, -0.1) is 0 Å². The van der Waals surface area contributed by atoms with Crippen molar-refractivity contribution in [3.63, 3.8) is 0 Å². The van der Waals surface area contributed by atoms with Crippen LogP contribution in [-0.2, 0) is 0 Å². The molecule has 0 atom stereocenters. The summed E-state index contributed by atoms with van der Waals surface area (Å²) in [5, 5.41) is 0. The molecule has 1 heteroatoms. The van der Waals surface area contributed by atoms with E-state index in [9.17, 15) is 0 Å². The lowest BCUT2D eigenvalue weighted by Crippen LogP contribution is -2.03. The molecule has 0 aromatic rings. The Bertz CT molecular complexity index is 219. The van der Waals surface area contributed by atoms with Crippen LogP contribution in [0.5, 0.6) is 0 Å². The monoisotopic (exact) mass is 149 g/mol. The second-order valence-electron chi connectivity index (χ2n) is 3.58. The Balaban J connectivity index is 2.86. The Hall–Kier alpha value is -0.850. The fraction of sp³-hybridized carbons (Fsp3) is 0.500. The van der Waals surface area contributed by atoms with E-state index < -0.39 is 0 Å². The molecule has 0 aromatic carbocycles. The molecule has 1 rings (SSSR count). The topological polar surface area (TPSA) is 12.4 Å². The number of hydrogen-bond donors (Lipinski definition) is 0. The van der Waals surface area contributed by atoms with Gasteiger partial charge in [0.15, 0.2) is 0 Å². The van der Waals surface area contributed by atoms with Gasteiger partial charge in [-0.1, -0.05) is 26.0 Å². The van der Waals surface area contributed by atoms with Crippen LogP contribution in [0.4, 0.5) is 0 Å². The zero-order chi connectivity index (χ0) is 8.32. The fourth-order valence-corrected chi connectivity index (χ4v) is 1.07. The first-order valence-corrected chi connectivity index (χ1v) is 3.97. The SMILES string of the molecule is CN=C1C=CCC(C)(C)C=C1. The number of nitrogens with zero attached hydrogens (tertiary/aromatic N) is 1. The van der Waals surface area contributed by atoms with E-state index in [1.54, 1.807) is 0 Å². The van der Waals surface area contributed by atoms with Crippen LogP contribution in [0.25, 0.3) is 0 Å². The van der Waals surface area contributed by atoms with Crippen molar-refractivity contribution < 1.29 is 0 Å². The second kappa shape index (κ2) is 3.04. The molecule has 1 nitrogen and oxygen atoms in total. The molecule has 0 unspecified atom stereocenters. The van der Waals surface area contributed by atoms with Gasteiger partial charge in [0.25, 0.3) is 0 Å². The van der Waals surface area contributed by atoms with Crippen molar-refractivity contribution in [2.75, 3.05) is 7.05 Å². The Labute approximate surface area is 68.5 Å². The summed E-state index contributed by atoms with van der Waals surface area (Å²) in [6.45, 7) is 4.46. The number of hydrogen-bond acceptors (Lipinski definition) is 1. The summed E-state index contributed by atoms with van der Waals surface area (Å²) in [7, 11) is 1.82. The van der Waals surface area contributed by atoms with Crippen molar-refractivity contribution >= 4 is 5.71 Å². The average Bonchev–Trinajstić information content (AvgIpc) is 2.10. The van der Waals surface area contributed by atoms with Crippen LogP contribution in [0.2, 0.25) is 0 Å². The quantitative estimate of drug-likeness (QED) is 0.502. The van der Waals surface area contributed by atoms with Gasteiger partial charge in [-0.3, -0.25) is 4.99 Å².